The van der Waals surface area contributed by atoms with Crippen LogP contribution >= 0.6 is 0 Å². The van der Waals surface area contributed by atoms with Crippen LogP contribution in [0.15, 0.2) is 59.8 Å². The molecule has 0 heteroatoms. The molecular weight excluding hydrogens is 348 g/mol. The minimum Gasteiger partial charge on any atom is -0.0985 e. The highest BCUT2D eigenvalue weighted by molar-refractivity contribution is 5.54. The van der Waals surface area contributed by atoms with E-state index in [1.165, 1.54) is 62.5 Å². The molecule has 4 aliphatic rings. The van der Waals surface area contributed by atoms with E-state index in [1.807, 2.05) is 0 Å². The summed E-state index contributed by atoms with van der Waals surface area (Å²) in [5, 5.41) is 0. The van der Waals surface area contributed by atoms with Gasteiger partial charge in [-0.1, -0.05) is 103 Å². The second-order valence-corrected chi connectivity index (χ2v) is 10.5. The van der Waals surface area contributed by atoms with E-state index in [2.05, 4.69) is 70.7 Å². The molecule has 7 atom stereocenters. The monoisotopic (exact) mass is 390 g/mol. The van der Waals surface area contributed by atoms with Crippen molar-refractivity contribution in [2.75, 3.05) is 0 Å². The van der Waals surface area contributed by atoms with Gasteiger partial charge in [-0.25, -0.2) is 0 Å². The molecule has 0 aliphatic heterocycles. The molecule has 0 heterocycles. The number of fused-ring (bicyclic) bond motifs is 2. The summed E-state index contributed by atoms with van der Waals surface area (Å²) in [4.78, 5) is 0. The lowest BCUT2D eigenvalue weighted by molar-refractivity contribution is 0.371. The maximum Gasteiger partial charge on any atom is 0.0122 e. The first-order valence-corrected chi connectivity index (χ1v) is 12.5. The molecule has 29 heavy (non-hydrogen) atoms. The first kappa shape index (κ1) is 21.0. The van der Waals surface area contributed by atoms with Gasteiger partial charge in [0.05, 0.1) is 0 Å². The summed E-state index contributed by atoms with van der Waals surface area (Å²) in [6.07, 6.45) is 26.0. The van der Waals surface area contributed by atoms with Gasteiger partial charge < -0.3 is 0 Å². The zero-order chi connectivity index (χ0) is 20.6. The lowest BCUT2D eigenvalue weighted by Crippen LogP contribution is -2.27. The third-order valence-corrected chi connectivity index (χ3v) is 8.99. The first-order chi connectivity index (χ1) is 14.0. The molecule has 4 aliphatic carbocycles. The van der Waals surface area contributed by atoms with E-state index in [4.69, 9.17) is 0 Å². The zero-order valence-electron chi connectivity index (χ0n) is 19.3. The summed E-state index contributed by atoms with van der Waals surface area (Å²) in [5.41, 5.74) is 5.08. The van der Waals surface area contributed by atoms with Gasteiger partial charge in [0.25, 0.3) is 0 Å². The fraction of sp³-hybridized carbons (Fsp3) is 0.655. The van der Waals surface area contributed by atoms with Gasteiger partial charge in [0.15, 0.2) is 0 Å². The normalized spacial score (nSPS) is 39.3. The molecule has 4 rings (SSSR count). The molecule has 158 valence electrons. The Kier molecular flexibility index (Phi) is 6.10. The predicted molar refractivity (Wildman–Crippen MR) is 127 cm³/mol. The van der Waals surface area contributed by atoms with Crippen LogP contribution in [0.25, 0.3) is 0 Å². The van der Waals surface area contributed by atoms with E-state index in [-0.39, 0.29) is 0 Å². The molecule has 0 saturated heterocycles. The van der Waals surface area contributed by atoms with Crippen molar-refractivity contribution in [2.24, 2.45) is 40.9 Å². The summed E-state index contributed by atoms with van der Waals surface area (Å²) in [5.74, 6) is 4.65. The number of allylic oxidation sites excluding steroid dienone is 9. The number of hydrogen-bond donors (Lipinski definition) is 0. The lowest BCUT2D eigenvalue weighted by Gasteiger charge is -2.38. The van der Waals surface area contributed by atoms with Crippen LogP contribution in [0.4, 0.5) is 0 Å². The highest BCUT2D eigenvalue weighted by Gasteiger charge is 2.63. The van der Waals surface area contributed by atoms with Gasteiger partial charge in [0.1, 0.15) is 0 Å². The van der Waals surface area contributed by atoms with Gasteiger partial charge in [-0.05, 0) is 59.7 Å². The molecule has 0 aromatic rings. The van der Waals surface area contributed by atoms with Crippen LogP contribution in [0, 0.1) is 40.9 Å². The SMILES string of the molecule is C=CC(=CC(C)CC)C1=CC2C=C(C34CCC(CCCC)CCC3C4C)C=CC12. The van der Waals surface area contributed by atoms with Gasteiger partial charge in [-0.2, -0.15) is 0 Å². The van der Waals surface area contributed by atoms with E-state index in [9.17, 15) is 0 Å². The molecule has 0 nitrogen and oxygen atoms in total. The van der Waals surface area contributed by atoms with Crippen LogP contribution in [0.3, 0.4) is 0 Å². The number of hydrogen-bond acceptors (Lipinski definition) is 0. The molecule has 0 aromatic carbocycles. The van der Waals surface area contributed by atoms with E-state index in [1.54, 1.807) is 5.57 Å². The van der Waals surface area contributed by atoms with Gasteiger partial charge in [-0.15, -0.1) is 0 Å². The summed E-state index contributed by atoms with van der Waals surface area (Å²) < 4.78 is 0. The van der Waals surface area contributed by atoms with Crippen LogP contribution < -0.4 is 0 Å². The van der Waals surface area contributed by atoms with E-state index < -0.39 is 0 Å². The number of unbranched alkanes of at least 4 members (excludes halogenated alkanes) is 1. The minimum absolute atomic E-state index is 0.514. The lowest BCUT2D eigenvalue weighted by atomic mass is 9.66. The van der Waals surface area contributed by atoms with E-state index in [0.29, 0.717) is 23.2 Å². The molecule has 2 fully saturated rings. The molecule has 0 spiro atoms. The van der Waals surface area contributed by atoms with Crippen molar-refractivity contribution in [3.63, 3.8) is 0 Å². The van der Waals surface area contributed by atoms with Crippen molar-refractivity contribution in [1.82, 2.24) is 0 Å². The standard InChI is InChI=1S/C29H42/c1-6-9-10-22-11-14-28-21(5)29(28,16-15-22)25-12-13-26-24(18-25)19-27(26)23(8-3)17-20(4)7-2/h8,12-13,17-22,24,26,28H,3,6-7,9-11,14-16H2,1-2,4-5H3. The van der Waals surface area contributed by atoms with Crippen LogP contribution in [-0.2, 0) is 0 Å². The smallest absolute Gasteiger partial charge is 0.0122 e. The van der Waals surface area contributed by atoms with Gasteiger partial charge in [-0.3, -0.25) is 0 Å². The topological polar surface area (TPSA) is 0 Å². The molecule has 7 unspecified atom stereocenters. The van der Waals surface area contributed by atoms with E-state index in [0.717, 1.165) is 17.8 Å². The van der Waals surface area contributed by atoms with Crippen LogP contribution in [-0.4, -0.2) is 0 Å². The zero-order valence-corrected chi connectivity index (χ0v) is 19.3. The summed E-state index contributed by atoms with van der Waals surface area (Å²) >= 11 is 0. The highest BCUT2D eigenvalue weighted by Crippen LogP contribution is 2.70. The van der Waals surface area contributed by atoms with Gasteiger partial charge in [0.2, 0.25) is 0 Å². The van der Waals surface area contributed by atoms with Crippen molar-refractivity contribution < 1.29 is 0 Å². The van der Waals surface area contributed by atoms with Crippen LogP contribution in [0.1, 0.15) is 79.1 Å². The van der Waals surface area contributed by atoms with Gasteiger partial charge in [0, 0.05) is 17.3 Å². The maximum absolute atomic E-state index is 4.09. The fourth-order valence-electron chi connectivity index (χ4n) is 6.72. The highest BCUT2D eigenvalue weighted by atomic mass is 14.7. The molecule has 0 aromatic heterocycles. The quantitative estimate of drug-likeness (QED) is 0.365. The van der Waals surface area contributed by atoms with Crippen LogP contribution in [0.2, 0.25) is 0 Å². The second kappa shape index (κ2) is 8.44. The minimum atomic E-state index is 0.514. The molecule has 0 bridgehead atoms. The Bertz CT molecular complexity index is 744. The summed E-state index contributed by atoms with van der Waals surface area (Å²) in [6.45, 7) is 13.5. The van der Waals surface area contributed by atoms with Crippen molar-refractivity contribution in [1.29, 1.82) is 0 Å². The Labute approximate surface area is 179 Å². The van der Waals surface area contributed by atoms with E-state index >= 15 is 0 Å². The average Bonchev–Trinajstić information content (AvgIpc) is 3.35. The Morgan fingerprint density at radius 2 is 2.07 bits per heavy atom. The van der Waals surface area contributed by atoms with Crippen molar-refractivity contribution >= 4 is 0 Å². The summed E-state index contributed by atoms with van der Waals surface area (Å²) in [6, 6.07) is 0. The third-order valence-electron chi connectivity index (χ3n) is 8.99. The first-order valence-electron chi connectivity index (χ1n) is 12.5. The molecular formula is C29H42. The second-order valence-electron chi connectivity index (χ2n) is 10.5. The largest absolute Gasteiger partial charge is 0.0985 e. The molecule has 2 saturated carbocycles. The van der Waals surface area contributed by atoms with Crippen LogP contribution in [0.5, 0.6) is 0 Å². The van der Waals surface area contributed by atoms with Crippen molar-refractivity contribution in [3.05, 3.63) is 59.8 Å². The summed E-state index contributed by atoms with van der Waals surface area (Å²) in [7, 11) is 0. The predicted octanol–water partition coefficient (Wildman–Crippen LogP) is 8.45. The molecule has 0 N–H and O–H groups in total. The Morgan fingerprint density at radius 3 is 2.76 bits per heavy atom. The maximum atomic E-state index is 4.09. The van der Waals surface area contributed by atoms with Crippen molar-refractivity contribution in [2.45, 2.75) is 79.1 Å². The molecule has 0 amide bonds. The van der Waals surface area contributed by atoms with Gasteiger partial charge >= 0.3 is 0 Å². The fourth-order valence-corrected chi connectivity index (χ4v) is 6.72. The Balaban J connectivity index is 1.49. The van der Waals surface area contributed by atoms with Crippen molar-refractivity contribution in [3.8, 4) is 0 Å². The Hall–Kier alpha value is -1.30. The third kappa shape index (κ3) is 3.66. The number of rotatable bonds is 8. The Morgan fingerprint density at radius 1 is 1.24 bits per heavy atom. The molecule has 0 radical (unpaired) electrons. The average molecular weight is 391 g/mol.